The van der Waals surface area contributed by atoms with E-state index < -0.39 is 6.61 Å². The van der Waals surface area contributed by atoms with Gasteiger partial charge in [0.15, 0.2) is 0 Å². The van der Waals surface area contributed by atoms with Gasteiger partial charge in [0.05, 0.1) is 5.69 Å². The van der Waals surface area contributed by atoms with Gasteiger partial charge in [0, 0.05) is 10.4 Å². The van der Waals surface area contributed by atoms with Crippen LogP contribution in [-0.2, 0) is 0 Å². The first-order valence-corrected chi connectivity index (χ1v) is 6.19. The van der Waals surface area contributed by atoms with Crippen LogP contribution >= 0.6 is 11.3 Å². The van der Waals surface area contributed by atoms with Crippen LogP contribution in [0.25, 0.3) is 10.4 Å². The number of hydrogen-bond acceptors (Lipinski definition) is 4. The zero-order chi connectivity index (χ0) is 14.0. The Labute approximate surface area is 112 Å². The van der Waals surface area contributed by atoms with Gasteiger partial charge in [-0.3, -0.25) is 0 Å². The van der Waals surface area contributed by atoms with E-state index in [1.807, 2.05) is 6.07 Å². The van der Waals surface area contributed by atoms with Crippen LogP contribution in [0.2, 0.25) is 0 Å². The molecule has 2 aromatic rings. The lowest BCUT2D eigenvalue weighted by Gasteiger charge is -2.09. The number of alkyl halides is 2. The molecule has 0 saturated carbocycles. The second-order valence-corrected chi connectivity index (χ2v) is 4.81. The van der Waals surface area contributed by atoms with Crippen LogP contribution in [0, 0.1) is 18.3 Å². The number of ether oxygens (including phenoxy) is 1. The van der Waals surface area contributed by atoms with Gasteiger partial charge >= 0.3 is 6.61 Å². The molecule has 98 valence electrons. The standard InChI is InChI=1S/C13H10F2N2OS/c1-7-11(17)10(6-16)19-12(7)8-4-2-3-5-9(8)18-13(14)15/h2-5,13H,17H2,1H3. The molecule has 1 heterocycles. The minimum atomic E-state index is -2.89. The molecule has 0 fully saturated rings. The Balaban J connectivity index is 2.57. The summed E-state index contributed by atoms with van der Waals surface area (Å²) in [6.07, 6.45) is 0. The zero-order valence-corrected chi connectivity index (χ0v) is 10.8. The first-order chi connectivity index (χ1) is 9.04. The summed E-state index contributed by atoms with van der Waals surface area (Å²) in [5.74, 6) is 0.0753. The summed E-state index contributed by atoms with van der Waals surface area (Å²) >= 11 is 1.17. The Hall–Kier alpha value is -2.13. The van der Waals surface area contributed by atoms with Crippen molar-refractivity contribution in [3.05, 3.63) is 34.7 Å². The highest BCUT2D eigenvalue weighted by atomic mass is 32.1. The van der Waals surface area contributed by atoms with Crippen LogP contribution in [0.15, 0.2) is 24.3 Å². The summed E-state index contributed by atoms with van der Waals surface area (Å²) in [4.78, 5) is 1.05. The number of rotatable bonds is 3. The maximum Gasteiger partial charge on any atom is 0.387 e. The highest BCUT2D eigenvalue weighted by Gasteiger charge is 2.18. The van der Waals surface area contributed by atoms with E-state index in [0.29, 0.717) is 26.6 Å². The lowest BCUT2D eigenvalue weighted by molar-refractivity contribution is -0.0494. The van der Waals surface area contributed by atoms with E-state index in [9.17, 15) is 8.78 Å². The second kappa shape index (κ2) is 5.24. The van der Waals surface area contributed by atoms with Gasteiger partial charge < -0.3 is 10.5 Å². The van der Waals surface area contributed by atoms with Crippen molar-refractivity contribution in [2.24, 2.45) is 0 Å². The number of nitriles is 1. The lowest BCUT2D eigenvalue weighted by Crippen LogP contribution is -2.02. The molecule has 6 heteroatoms. The van der Waals surface area contributed by atoms with E-state index in [0.717, 1.165) is 0 Å². The van der Waals surface area contributed by atoms with Crippen LogP contribution < -0.4 is 10.5 Å². The molecule has 0 bridgehead atoms. The molecule has 0 radical (unpaired) electrons. The number of nitrogen functional groups attached to an aromatic ring is 1. The molecule has 0 aliphatic carbocycles. The number of thiophene rings is 1. The number of nitrogens with two attached hydrogens (primary N) is 1. The van der Waals surface area contributed by atoms with Crippen LogP contribution in [0.1, 0.15) is 10.4 Å². The second-order valence-electron chi connectivity index (χ2n) is 3.79. The van der Waals surface area contributed by atoms with Crippen molar-refractivity contribution in [2.45, 2.75) is 13.5 Å². The Morgan fingerprint density at radius 1 is 1.37 bits per heavy atom. The van der Waals surface area contributed by atoms with Crippen LogP contribution in [0.3, 0.4) is 0 Å². The molecule has 0 saturated heterocycles. The van der Waals surface area contributed by atoms with Crippen molar-refractivity contribution in [3.8, 4) is 22.3 Å². The topological polar surface area (TPSA) is 59.0 Å². The number of benzene rings is 1. The fraction of sp³-hybridized carbons (Fsp3) is 0.154. The largest absolute Gasteiger partial charge is 0.434 e. The van der Waals surface area contributed by atoms with E-state index in [-0.39, 0.29) is 5.75 Å². The Morgan fingerprint density at radius 2 is 2.05 bits per heavy atom. The smallest absolute Gasteiger partial charge is 0.387 e. The molecule has 0 spiro atoms. The van der Waals surface area contributed by atoms with E-state index in [1.165, 1.54) is 17.4 Å². The maximum absolute atomic E-state index is 12.4. The molecule has 3 nitrogen and oxygen atoms in total. The molecular formula is C13H10F2N2OS. The first-order valence-electron chi connectivity index (χ1n) is 5.37. The van der Waals surface area contributed by atoms with Crippen LogP contribution in [0.4, 0.5) is 14.5 Å². The third-order valence-electron chi connectivity index (χ3n) is 2.64. The summed E-state index contributed by atoms with van der Waals surface area (Å²) in [5.41, 5.74) is 7.40. The molecule has 0 atom stereocenters. The van der Waals surface area contributed by atoms with Crippen molar-refractivity contribution in [1.82, 2.24) is 0 Å². The summed E-state index contributed by atoms with van der Waals surface area (Å²) in [7, 11) is 0. The minimum absolute atomic E-state index is 0.0753. The molecule has 1 aromatic heterocycles. The number of nitrogens with zero attached hydrogens (tertiary/aromatic N) is 1. The van der Waals surface area contributed by atoms with Gasteiger partial charge in [0.2, 0.25) is 0 Å². The lowest BCUT2D eigenvalue weighted by atomic mass is 10.1. The number of halogens is 2. The van der Waals surface area contributed by atoms with Gasteiger partial charge in [0.25, 0.3) is 0 Å². The minimum Gasteiger partial charge on any atom is -0.434 e. The van der Waals surface area contributed by atoms with Gasteiger partial charge in [-0.15, -0.1) is 11.3 Å². The third kappa shape index (κ3) is 2.51. The normalized spacial score (nSPS) is 10.5. The van der Waals surface area contributed by atoms with Crippen LogP contribution in [0.5, 0.6) is 5.75 Å². The summed E-state index contributed by atoms with van der Waals surface area (Å²) in [5, 5.41) is 8.95. The molecule has 1 aromatic carbocycles. The molecule has 19 heavy (non-hydrogen) atoms. The monoisotopic (exact) mass is 280 g/mol. The Kier molecular flexibility index (Phi) is 3.67. The maximum atomic E-state index is 12.4. The molecule has 0 amide bonds. The van der Waals surface area contributed by atoms with Crippen LogP contribution in [-0.4, -0.2) is 6.61 Å². The van der Waals surface area contributed by atoms with E-state index in [1.54, 1.807) is 25.1 Å². The number of para-hydroxylation sites is 1. The SMILES string of the molecule is Cc1c(-c2ccccc2OC(F)F)sc(C#N)c1N. The molecular weight excluding hydrogens is 270 g/mol. The summed E-state index contributed by atoms with van der Waals surface area (Å²) in [6.45, 7) is -1.14. The molecule has 0 aliphatic rings. The Bertz CT molecular complexity index is 647. The van der Waals surface area contributed by atoms with Crippen molar-refractivity contribution in [3.63, 3.8) is 0 Å². The quantitative estimate of drug-likeness (QED) is 0.930. The van der Waals surface area contributed by atoms with Crippen molar-refractivity contribution in [1.29, 1.82) is 5.26 Å². The molecule has 0 unspecified atom stereocenters. The molecule has 0 aliphatic heterocycles. The van der Waals surface area contributed by atoms with E-state index >= 15 is 0 Å². The van der Waals surface area contributed by atoms with Gasteiger partial charge in [-0.25, -0.2) is 0 Å². The molecule has 2 N–H and O–H groups in total. The number of anilines is 1. The van der Waals surface area contributed by atoms with E-state index in [2.05, 4.69) is 4.74 Å². The third-order valence-corrected chi connectivity index (χ3v) is 3.89. The highest BCUT2D eigenvalue weighted by Crippen LogP contribution is 2.41. The Morgan fingerprint density at radius 3 is 2.63 bits per heavy atom. The summed E-state index contributed by atoms with van der Waals surface area (Å²) < 4.78 is 29.2. The van der Waals surface area contributed by atoms with E-state index in [4.69, 9.17) is 11.0 Å². The van der Waals surface area contributed by atoms with Crippen molar-refractivity contribution >= 4 is 17.0 Å². The highest BCUT2D eigenvalue weighted by molar-refractivity contribution is 7.16. The fourth-order valence-corrected chi connectivity index (χ4v) is 2.77. The number of hydrogen-bond donors (Lipinski definition) is 1. The van der Waals surface area contributed by atoms with Gasteiger partial charge in [-0.05, 0) is 24.6 Å². The van der Waals surface area contributed by atoms with Crippen molar-refractivity contribution < 1.29 is 13.5 Å². The van der Waals surface area contributed by atoms with Crippen molar-refractivity contribution in [2.75, 3.05) is 5.73 Å². The predicted molar refractivity (Wildman–Crippen MR) is 70.3 cm³/mol. The fourth-order valence-electron chi connectivity index (χ4n) is 1.72. The van der Waals surface area contributed by atoms with Gasteiger partial charge in [-0.1, -0.05) is 12.1 Å². The first kappa shape index (κ1) is 13.3. The molecule has 2 rings (SSSR count). The van der Waals surface area contributed by atoms with Gasteiger partial charge in [0.1, 0.15) is 16.7 Å². The predicted octanol–water partition coefficient (Wildman–Crippen LogP) is 3.78. The average molecular weight is 280 g/mol. The van der Waals surface area contributed by atoms with Gasteiger partial charge in [-0.2, -0.15) is 14.0 Å². The summed E-state index contributed by atoms with van der Waals surface area (Å²) in [6, 6.07) is 8.44. The zero-order valence-electron chi connectivity index (χ0n) is 9.98. The average Bonchev–Trinajstić information content (AvgIpc) is 2.66.